The molecule has 0 aliphatic carbocycles. The molecule has 1 aromatic rings. The van der Waals surface area contributed by atoms with Crippen LogP contribution in [0.15, 0.2) is 36.9 Å². The number of hydrogen-bond donors (Lipinski definition) is 0. The molecule has 0 amide bonds. The summed E-state index contributed by atoms with van der Waals surface area (Å²) in [4.78, 5) is 0. The summed E-state index contributed by atoms with van der Waals surface area (Å²) in [5.41, 5.74) is -8.03. The first-order valence-corrected chi connectivity index (χ1v) is 5.81. The van der Waals surface area contributed by atoms with Crippen LogP contribution in [0.3, 0.4) is 0 Å². The Morgan fingerprint density at radius 1 is 0.870 bits per heavy atom. The SMILES string of the molecule is C=C(c1ccccc1)C(OC(F)(F)CF)(C(F)(F)F)C(F)(F)F. The van der Waals surface area contributed by atoms with Crippen molar-refractivity contribution in [1.82, 2.24) is 0 Å². The van der Waals surface area contributed by atoms with Gasteiger partial charge in [0.25, 0.3) is 5.60 Å². The first-order valence-electron chi connectivity index (χ1n) is 5.81. The number of halogens is 9. The third-order valence-corrected chi connectivity index (χ3v) is 2.80. The van der Waals surface area contributed by atoms with Gasteiger partial charge in [-0.25, -0.2) is 4.39 Å². The van der Waals surface area contributed by atoms with Gasteiger partial charge < -0.3 is 0 Å². The molecule has 0 radical (unpaired) electrons. The van der Waals surface area contributed by atoms with Crippen molar-refractivity contribution in [3.05, 3.63) is 42.5 Å². The Labute approximate surface area is 124 Å². The Kier molecular flexibility index (Phi) is 5.10. The van der Waals surface area contributed by atoms with E-state index < -0.39 is 41.9 Å². The van der Waals surface area contributed by atoms with Crippen molar-refractivity contribution < 1.29 is 44.3 Å². The topological polar surface area (TPSA) is 9.23 Å². The number of hydrogen-bond acceptors (Lipinski definition) is 1. The maximum absolute atomic E-state index is 13.1. The lowest BCUT2D eigenvalue weighted by atomic mass is 9.87. The van der Waals surface area contributed by atoms with Crippen LogP contribution in [0.2, 0.25) is 0 Å². The summed E-state index contributed by atoms with van der Waals surface area (Å²) >= 11 is 0. The number of alkyl halides is 9. The van der Waals surface area contributed by atoms with Gasteiger partial charge in [-0.3, -0.25) is 4.74 Å². The molecule has 1 aromatic carbocycles. The van der Waals surface area contributed by atoms with Crippen LogP contribution in [0.25, 0.3) is 5.57 Å². The molecule has 0 bridgehead atoms. The molecule has 0 unspecified atom stereocenters. The second-order valence-electron chi connectivity index (χ2n) is 4.39. The highest BCUT2D eigenvalue weighted by Gasteiger charge is 2.76. The summed E-state index contributed by atoms with van der Waals surface area (Å²) < 4.78 is 120. The van der Waals surface area contributed by atoms with Gasteiger partial charge in [0.05, 0.1) is 0 Å². The lowest BCUT2D eigenvalue weighted by molar-refractivity contribution is -0.418. The van der Waals surface area contributed by atoms with Crippen molar-refractivity contribution >= 4 is 5.57 Å². The van der Waals surface area contributed by atoms with Crippen molar-refractivity contribution in [2.75, 3.05) is 6.67 Å². The standard InChI is InChI=1S/C13H9F9O/c1-8(9-5-3-2-4-6-9)11(12(17,18)19,13(20,21)22)23-10(15,16)7-14/h2-6H,1,7H2. The summed E-state index contributed by atoms with van der Waals surface area (Å²) in [5, 5.41) is 0. The van der Waals surface area contributed by atoms with Crippen molar-refractivity contribution in [1.29, 1.82) is 0 Å². The highest BCUT2D eigenvalue weighted by molar-refractivity contribution is 5.72. The monoisotopic (exact) mass is 352 g/mol. The fraction of sp³-hybridized carbons (Fsp3) is 0.385. The smallest absolute Gasteiger partial charge is 0.288 e. The van der Waals surface area contributed by atoms with Crippen molar-refractivity contribution in [2.45, 2.75) is 24.1 Å². The minimum Gasteiger partial charge on any atom is -0.288 e. The van der Waals surface area contributed by atoms with Gasteiger partial charge in [-0.2, -0.15) is 35.1 Å². The second-order valence-corrected chi connectivity index (χ2v) is 4.39. The molecule has 0 saturated heterocycles. The molecule has 0 aliphatic heterocycles. The fourth-order valence-corrected chi connectivity index (χ4v) is 1.77. The zero-order valence-corrected chi connectivity index (χ0v) is 11.1. The Morgan fingerprint density at radius 3 is 1.65 bits per heavy atom. The van der Waals surface area contributed by atoms with Gasteiger partial charge in [-0.15, -0.1) is 0 Å². The molecule has 1 nitrogen and oxygen atoms in total. The first kappa shape index (κ1) is 19.3. The van der Waals surface area contributed by atoms with E-state index >= 15 is 0 Å². The zero-order chi connectivity index (χ0) is 18.1. The summed E-state index contributed by atoms with van der Waals surface area (Å²) in [7, 11) is 0. The van der Waals surface area contributed by atoms with Crippen LogP contribution < -0.4 is 0 Å². The van der Waals surface area contributed by atoms with Crippen molar-refractivity contribution in [3.63, 3.8) is 0 Å². The average Bonchev–Trinajstić information content (AvgIpc) is 2.42. The molecular formula is C13H9F9O. The van der Waals surface area contributed by atoms with E-state index in [1.54, 1.807) is 0 Å². The Balaban J connectivity index is 3.61. The van der Waals surface area contributed by atoms with Gasteiger partial charge in [0.15, 0.2) is 6.67 Å². The molecule has 0 saturated carbocycles. The molecule has 0 aromatic heterocycles. The van der Waals surface area contributed by atoms with E-state index in [1.165, 1.54) is 6.07 Å². The summed E-state index contributed by atoms with van der Waals surface area (Å²) in [5.74, 6) is 0. The Hall–Kier alpha value is -1.71. The normalized spacial score (nSPS) is 14.0. The zero-order valence-electron chi connectivity index (χ0n) is 11.1. The quantitative estimate of drug-likeness (QED) is 0.667. The van der Waals surface area contributed by atoms with Gasteiger partial charge in [0.2, 0.25) is 0 Å². The number of benzene rings is 1. The molecule has 0 spiro atoms. The van der Waals surface area contributed by atoms with E-state index in [1.807, 2.05) is 0 Å². The van der Waals surface area contributed by atoms with Gasteiger partial charge in [0.1, 0.15) is 0 Å². The van der Waals surface area contributed by atoms with E-state index in [2.05, 4.69) is 11.3 Å². The third kappa shape index (κ3) is 3.62. The van der Waals surface area contributed by atoms with Crippen LogP contribution in [0.4, 0.5) is 39.5 Å². The molecule has 0 N–H and O–H groups in total. The average molecular weight is 352 g/mol. The molecular weight excluding hydrogens is 343 g/mol. The fourth-order valence-electron chi connectivity index (χ4n) is 1.77. The molecule has 0 heterocycles. The molecule has 0 fully saturated rings. The predicted molar refractivity (Wildman–Crippen MR) is 62.3 cm³/mol. The third-order valence-electron chi connectivity index (χ3n) is 2.80. The molecule has 10 heteroatoms. The second kappa shape index (κ2) is 6.06. The Morgan fingerprint density at radius 2 is 1.30 bits per heavy atom. The lowest BCUT2D eigenvalue weighted by Crippen LogP contribution is -2.62. The van der Waals surface area contributed by atoms with Crippen LogP contribution in [0, 0.1) is 0 Å². The van der Waals surface area contributed by atoms with Gasteiger partial charge in [0, 0.05) is 5.57 Å². The number of ether oxygens (including phenoxy) is 1. The largest absolute Gasteiger partial charge is 0.431 e. The van der Waals surface area contributed by atoms with Crippen LogP contribution in [0.5, 0.6) is 0 Å². The summed E-state index contributed by atoms with van der Waals surface area (Å²) in [6.45, 7) is -0.244. The summed E-state index contributed by atoms with van der Waals surface area (Å²) in [6, 6.07) is 5.02. The minimum atomic E-state index is -6.36. The summed E-state index contributed by atoms with van der Waals surface area (Å²) in [6.07, 6.45) is -18.0. The predicted octanol–water partition coefficient (Wildman–Crippen LogP) is 5.14. The molecule has 23 heavy (non-hydrogen) atoms. The van der Waals surface area contributed by atoms with Gasteiger partial charge in [-0.05, 0) is 5.56 Å². The van der Waals surface area contributed by atoms with E-state index in [-0.39, 0.29) is 0 Å². The number of rotatable bonds is 5. The Bertz CT molecular complexity index is 531. The molecule has 0 atom stereocenters. The molecule has 0 aliphatic rings. The highest BCUT2D eigenvalue weighted by Crippen LogP contribution is 2.54. The van der Waals surface area contributed by atoms with Gasteiger partial charge in [-0.1, -0.05) is 36.9 Å². The maximum Gasteiger partial charge on any atom is 0.431 e. The van der Waals surface area contributed by atoms with Crippen LogP contribution in [0.1, 0.15) is 5.56 Å². The maximum atomic E-state index is 13.1. The van der Waals surface area contributed by atoms with Crippen LogP contribution >= 0.6 is 0 Å². The van der Waals surface area contributed by atoms with Crippen molar-refractivity contribution in [2.24, 2.45) is 0 Å². The lowest BCUT2D eigenvalue weighted by Gasteiger charge is -2.40. The van der Waals surface area contributed by atoms with E-state index in [0.29, 0.717) is 0 Å². The van der Waals surface area contributed by atoms with E-state index in [9.17, 15) is 39.5 Å². The minimum absolute atomic E-state index is 0.739. The van der Waals surface area contributed by atoms with E-state index in [4.69, 9.17) is 0 Å². The van der Waals surface area contributed by atoms with Crippen LogP contribution in [-0.2, 0) is 4.74 Å². The molecule has 1 rings (SSSR count). The van der Waals surface area contributed by atoms with Gasteiger partial charge >= 0.3 is 18.5 Å². The first-order chi connectivity index (χ1) is 10.3. The van der Waals surface area contributed by atoms with Crippen LogP contribution in [-0.4, -0.2) is 30.7 Å². The van der Waals surface area contributed by atoms with Crippen molar-refractivity contribution in [3.8, 4) is 0 Å². The van der Waals surface area contributed by atoms with E-state index in [0.717, 1.165) is 24.3 Å². The highest BCUT2D eigenvalue weighted by atomic mass is 19.4. The molecule has 130 valence electrons.